The summed E-state index contributed by atoms with van der Waals surface area (Å²) in [5, 5.41) is 8.03. The molecule has 0 aliphatic carbocycles. The van der Waals surface area contributed by atoms with Gasteiger partial charge in [-0.3, -0.25) is 15.1 Å². The predicted octanol–water partition coefficient (Wildman–Crippen LogP) is 3.67. The van der Waals surface area contributed by atoms with Crippen molar-refractivity contribution in [2.45, 2.75) is 13.1 Å². The van der Waals surface area contributed by atoms with Gasteiger partial charge in [0.2, 0.25) is 10.1 Å². The minimum absolute atomic E-state index is 0.230. The van der Waals surface area contributed by atoms with E-state index in [1.165, 1.54) is 7.11 Å². The first-order valence-corrected chi connectivity index (χ1v) is 7.77. The zero-order chi connectivity index (χ0) is 18.2. The lowest BCUT2D eigenvalue weighted by molar-refractivity contribution is -0.138. The van der Waals surface area contributed by atoms with Crippen LogP contribution in [0.15, 0.2) is 24.3 Å². The molecular formula is C15H11F3N4O2S. The van der Waals surface area contributed by atoms with Gasteiger partial charge in [0.1, 0.15) is 5.75 Å². The average molecular weight is 368 g/mol. The van der Waals surface area contributed by atoms with Crippen molar-refractivity contribution in [2.24, 2.45) is 0 Å². The van der Waals surface area contributed by atoms with Crippen LogP contribution in [0.4, 0.5) is 18.3 Å². The van der Waals surface area contributed by atoms with Crippen molar-refractivity contribution in [3.63, 3.8) is 0 Å². The van der Waals surface area contributed by atoms with Crippen molar-refractivity contribution in [3.05, 3.63) is 40.5 Å². The van der Waals surface area contributed by atoms with Crippen molar-refractivity contribution in [1.82, 2.24) is 15.2 Å². The maximum Gasteiger partial charge on any atom is 0.445 e. The third-order valence-electron chi connectivity index (χ3n) is 3.35. The fraction of sp³-hybridized carbons (Fsp3) is 0.200. The minimum atomic E-state index is -4.60. The Bertz CT molecular complexity index is 956. The molecule has 0 saturated carbocycles. The van der Waals surface area contributed by atoms with Crippen LogP contribution < -0.4 is 10.1 Å². The summed E-state index contributed by atoms with van der Waals surface area (Å²) >= 11 is 0.261. The topological polar surface area (TPSA) is 77.0 Å². The molecule has 0 aliphatic heterocycles. The highest BCUT2D eigenvalue weighted by Gasteiger charge is 2.35. The number of methoxy groups -OCH3 is 1. The summed E-state index contributed by atoms with van der Waals surface area (Å²) < 4.78 is 42.7. The Morgan fingerprint density at radius 2 is 2.00 bits per heavy atom. The van der Waals surface area contributed by atoms with Crippen LogP contribution in [0.3, 0.4) is 0 Å². The summed E-state index contributed by atoms with van der Waals surface area (Å²) in [6.07, 6.45) is -4.60. The molecular weight excluding hydrogens is 357 g/mol. The second-order valence-corrected chi connectivity index (χ2v) is 6.02. The summed E-state index contributed by atoms with van der Waals surface area (Å²) in [4.78, 5) is 16.7. The summed E-state index contributed by atoms with van der Waals surface area (Å²) in [5.74, 6) is 0.0257. The molecule has 3 aromatic rings. The normalized spacial score (nSPS) is 11.6. The molecule has 1 amide bonds. The number of nitrogens with zero attached hydrogens (tertiary/aromatic N) is 3. The molecule has 0 unspecified atom stereocenters. The quantitative estimate of drug-likeness (QED) is 0.763. The van der Waals surface area contributed by atoms with Crippen LogP contribution in [-0.2, 0) is 6.18 Å². The maximum absolute atomic E-state index is 12.5. The van der Waals surface area contributed by atoms with E-state index in [9.17, 15) is 18.0 Å². The molecule has 1 aromatic carbocycles. The molecule has 130 valence electrons. The number of alkyl halides is 3. The number of aromatic nitrogens is 3. The molecule has 2 heterocycles. The molecule has 0 aliphatic rings. The van der Waals surface area contributed by atoms with Crippen LogP contribution in [0, 0.1) is 6.92 Å². The second-order valence-electron chi connectivity index (χ2n) is 5.04. The van der Waals surface area contributed by atoms with Crippen LogP contribution in [0.2, 0.25) is 0 Å². The Morgan fingerprint density at radius 1 is 1.24 bits per heavy atom. The number of halogens is 3. The SMILES string of the molecule is COc1ccc2cc(C(=O)Nc3nnc(C(F)(F)F)s3)c(C)nc2c1. The largest absolute Gasteiger partial charge is 0.497 e. The summed E-state index contributed by atoms with van der Waals surface area (Å²) in [6, 6.07) is 6.80. The zero-order valence-corrected chi connectivity index (χ0v) is 13.8. The van der Waals surface area contributed by atoms with Gasteiger partial charge in [-0.05, 0) is 25.1 Å². The first-order valence-electron chi connectivity index (χ1n) is 6.95. The van der Waals surface area contributed by atoms with E-state index in [4.69, 9.17) is 4.74 Å². The molecule has 0 spiro atoms. The number of pyridine rings is 1. The highest BCUT2D eigenvalue weighted by Crippen LogP contribution is 2.33. The van der Waals surface area contributed by atoms with E-state index >= 15 is 0 Å². The summed E-state index contributed by atoms with van der Waals surface area (Å²) in [5.41, 5.74) is 1.31. The zero-order valence-electron chi connectivity index (χ0n) is 13.0. The van der Waals surface area contributed by atoms with Gasteiger partial charge >= 0.3 is 6.18 Å². The van der Waals surface area contributed by atoms with E-state index in [1.54, 1.807) is 31.2 Å². The number of anilines is 1. The number of amides is 1. The molecule has 0 atom stereocenters. The molecule has 6 nitrogen and oxygen atoms in total. The molecule has 10 heteroatoms. The number of carbonyl (C=O) groups is 1. The fourth-order valence-corrected chi connectivity index (χ4v) is 2.76. The highest BCUT2D eigenvalue weighted by atomic mass is 32.1. The molecule has 1 N–H and O–H groups in total. The Hall–Kier alpha value is -2.75. The lowest BCUT2D eigenvalue weighted by Gasteiger charge is -2.08. The van der Waals surface area contributed by atoms with Crippen LogP contribution in [0.5, 0.6) is 5.75 Å². The van der Waals surface area contributed by atoms with Crippen LogP contribution in [0.1, 0.15) is 21.1 Å². The van der Waals surface area contributed by atoms with Gasteiger partial charge in [-0.2, -0.15) is 13.2 Å². The number of rotatable bonds is 3. The minimum Gasteiger partial charge on any atom is -0.497 e. The van der Waals surface area contributed by atoms with Crippen molar-refractivity contribution in [3.8, 4) is 5.75 Å². The first-order chi connectivity index (χ1) is 11.8. The van der Waals surface area contributed by atoms with E-state index in [2.05, 4.69) is 20.5 Å². The van der Waals surface area contributed by atoms with Crippen molar-refractivity contribution in [1.29, 1.82) is 0 Å². The summed E-state index contributed by atoms with van der Waals surface area (Å²) in [6.45, 7) is 1.63. The lowest BCUT2D eigenvalue weighted by Crippen LogP contribution is -2.14. The van der Waals surface area contributed by atoms with E-state index in [0.717, 1.165) is 0 Å². The molecule has 2 aromatic heterocycles. The molecule has 3 rings (SSSR count). The molecule has 0 saturated heterocycles. The number of aryl methyl sites for hydroxylation is 1. The standard InChI is InChI=1S/C15H11F3N4O2S/c1-7-10(5-8-3-4-9(24-2)6-11(8)19-7)12(23)20-14-22-21-13(25-14)15(16,17)18/h3-6H,1-2H3,(H,20,22,23). The molecule has 0 radical (unpaired) electrons. The molecule has 25 heavy (non-hydrogen) atoms. The van der Waals surface area contributed by atoms with Crippen molar-refractivity contribution in [2.75, 3.05) is 12.4 Å². The maximum atomic E-state index is 12.5. The number of fused-ring (bicyclic) bond motifs is 1. The number of carbonyl (C=O) groups excluding carboxylic acids is 1. The number of hydrogen-bond donors (Lipinski definition) is 1. The van der Waals surface area contributed by atoms with Crippen LogP contribution in [0.25, 0.3) is 10.9 Å². The van der Waals surface area contributed by atoms with Crippen molar-refractivity contribution < 1.29 is 22.7 Å². The van der Waals surface area contributed by atoms with Crippen molar-refractivity contribution >= 4 is 33.3 Å². The van der Waals surface area contributed by atoms with Crippen LogP contribution in [-0.4, -0.2) is 28.2 Å². The van der Waals surface area contributed by atoms with E-state index < -0.39 is 17.1 Å². The second kappa shape index (κ2) is 6.28. The monoisotopic (exact) mass is 368 g/mol. The molecule has 0 bridgehead atoms. The summed E-state index contributed by atoms with van der Waals surface area (Å²) in [7, 11) is 1.53. The first kappa shape index (κ1) is 17.1. The third-order valence-corrected chi connectivity index (χ3v) is 4.23. The Morgan fingerprint density at radius 3 is 2.64 bits per heavy atom. The van der Waals surface area contributed by atoms with Gasteiger partial charge < -0.3 is 4.74 Å². The van der Waals surface area contributed by atoms with E-state index in [1.807, 2.05) is 0 Å². The van der Waals surface area contributed by atoms with Gasteiger partial charge in [0.05, 0.1) is 23.9 Å². The van der Waals surface area contributed by atoms with Gasteiger partial charge in [0.25, 0.3) is 5.91 Å². The van der Waals surface area contributed by atoms with Crippen LogP contribution >= 0.6 is 11.3 Å². The fourth-order valence-electron chi connectivity index (χ4n) is 2.15. The van der Waals surface area contributed by atoms with Gasteiger partial charge in [-0.25, -0.2) is 0 Å². The van der Waals surface area contributed by atoms with E-state index in [0.29, 0.717) is 22.3 Å². The van der Waals surface area contributed by atoms with Gasteiger partial charge in [0.15, 0.2) is 0 Å². The average Bonchev–Trinajstić information content (AvgIpc) is 3.02. The predicted molar refractivity (Wildman–Crippen MR) is 85.9 cm³/mol. The number of benzene rings is 1. The highest BCUT2D eigenvalue weighted by molar-refractivity contribution is 7.15. The van der Waals surface area contributed by atoms with Gasteiger partial charge in [0, 0.05) is 11.5 Å². The number of hydrogen-bond acceptors (Lipinski definition) is 6. The van der Waals surface area contributed by atoms with Gasteiger partial charge in [-0.1, -0.05) is 11.3 Å². The molecule has 0 fully saturated rings. The Kier molecular flexibility index (Phi) is 4.29. The Labute approximate surface area is 143 Å². The lowest BCUT2D eigenvalue weighted by atomic mass is 10.1. The third kappa shape index (κ3) is 3.53. The van der Waals surface area contributed by atoms with E-state index in [-0.39, 0.29) is 22.0 Å². The Balaban J connectivity index is 1.89. The van der Waals surface area contributed by atoms with Gasteiger partial charge in [-0.15, -0.1) is 10.2 Å². The number of nitrogens with one attached hydrogen (secondary N) is 1. The number of ether oxygens (including phenoxy) is 1. The smallest absolute Gasteiger partial charge is 0.445 e.